The average Bonchev–Trinajstić information content (AvgIpc) is 2.44. The number of nitrogens with zero attached hydrogens (tertiary/aromatic N) is 1. The van der Waals surface area contributed by atoms with Crippen LogP contribution in [0.5, 0.6) is 0 Å². The number of nitrogens with one attached hydrogen (secondary N) is 1. The molecule has 0 unspecified atom stereocenters. The van der Waals surface area contributed by atoms with Crippen LogP contribution in [0, 0.1) is 0 Å². The normalized spacial score (nSPS) is 22.0. The molecule has 0 spiro atoms. The van der Waals surface area contributed by atoms with Crippen molar-refractivity contribution in [3.63, 3.8) is 0 Å². The fourth-order valence-electron chi connectivity index (χ4n) is 0.932. The number of hydrogen-bond acceptors (Lipinski definition) is 1. The van der Waals surface area contributed by atoms with Crippen LogP contribution >= 0.6 is 0 Å². The van der Waals surface area contributed by atoms with Gasteiger partial charge in [0, 0.05) is 11.6 Å². The number of aliphatic imine (C=N–C) groups is 1. The zero-order chi connectivity index (χ0) is 8.48. The van der Waals surface area contributed by atoms with Gasteiger partial charge in [0.15, 0.2) is 5.96 Å². The topological polar surface area (TPSA) is 50.4 Å². The standard InChI is InChI=1S/C8H17N3/c1-6(2)10-7(9)11-8(3)4-5-8/h6H,4-5H2,1-3H3,(H3,9,10,11). The van der Waals surface area contributed by atoms with E-state index in [2.05, 4.69) is 17.2 Å². The first-order valence-corrected chi connectivity index (χ1v) is 4.13. The maximum atomic E-state index is 5.64. The van der Waals surface area contributed by atoms with E-state index >= 15 is 0 Å². The highest BCUT2D eigenvalue weighted by atomic mass is 15.2. The highest BCUT2D eigenvalue weighted by molar-refractivity contribution is 5.79. The van der Waals surface area contributed by atoms with Crippen molar-refractivity contribution in [2.24, 2.45) is 10.7 Å². The molecule has 1 fully saturated rings. The molecule has 0 aromatic rings. The third kappa shape index (κ3) is 2.78. The van der Waals surface area contributed by atoms with E-state index in [0.717, 1.165) is 0 Å². The Kier molecular flexibility index (Phi) is 2.07. The van der Waals surface area contributed by atoms with Gasteiger partial charge in [-0.25, -0.2) is 0 Å². The summed E-state index contributed by atoms with van der Waals surface area (Å²) in [6.45, 7) is 6.20. The molecular formula is C8H17N3. The maximum absolute atomic E-state index is 5.64. The van der Waals surface area contributed by atoms with Crippen LogP contribution in [-0.2, 0) is 0 Å². The van der Waals surface area contributed by atoms with Gasteiger partial charge in [-0.15, -0.1) is 0 Å². The molecule has 0 aromatic heterocycles. The van der Waals surface area contributed by atoms with Crippen LogP contribution in [0.2, 0.25) is 0 Å². The molecule has 3 heteroatoms. The van der Waals surface area contributed by atoms with E-state index in [4.69, 9.17) is 5.73 Å². The molecule has 1 aliphatic carbocycles. The Morgan fingerprint density at radius 3 is 2.45 bits per heavy atom. The van der Waals surface area contributed by atoms with Crippen molar-refractivity contribution in [3.8, 4) is 0 Å². The highest BCUT2D eigenvalue weighted by Gasteiger charge is 2.37. The van der Waals surface area contributed by atoms with Crippen molar-refractivity contribution in [2.45, 2.75) is 45.2 Å². The first-order chi connectivity index (χ1) is 5.02. The van der Waals surface area contributed by atoms with Crippen molar-refractivity contribution < 1.29 is 0 Å². The predicted molar refractivity (Wildman–Crippen MR) is 47.5 cm³/mol. The molecule has 64 valence electrons. The van der Waals surface area contributed by atoms with E-state index in [1.54, 1.807) is 0 Å². The summed E-state index contributed by atoms with van der Waals surface area (Å²) in [5.41, 5.74) is 5.89. The summed E-state index contributed by atoms with van der Waals surface area (Å²) in [5, 5.41) is 3.19. The minimum Gasteiger partial charge on any atom is -0.370 e. The Labute approximate surface area is 68.1 Å². The second-order valence-corrected chi connectivity index (χ2v) is 3.79. The lowest BCUT2D eigenvalue weighted by atomic mass is 10.3. The zero-order valence-corrected chi connectivity index (χ0v) is 7.52. The van der Waals surface area contributed by atoms with E-state index in [9.17, 15) is 0 Å². The van der Waals surface area contributed by atoms with Gasteiger partial charge in [-0.3, -0.25) is 4.99 Å². The van der Waals surface area contributed by atoms with Gasteiger partial charge < -0.3 is 11.1 Å². The molecule has 11 heavy (non-hydrogen) atoms. The SMILES string of the molecule is CC(C)N=C(N)NC1(C)CC1. The average molecular weight is 155 g/mol. The summed E-state index contributed by atoms with van der Waals surface area (Å²) >= 11 is 0. The van der Waals surface area contributed by atoms with Crippen LogP contribution in [-0.4, -0.2) is 17.5 Å². The van der Waals surface area contributed by atoms with E-state index in [1.165, 1.54) is 12.8 Å². The van der Waals surface area contributed by atoms with Gasteiger partial charge >= 0.3 is 0 Å². The van der Waals surface area contributed by atoms with Crippen molar-refractivity contribution in [1.82, 2.24) is 5.32 Å². The van der Waals surface area contributed by atoms with Crippen molar-refractivity contribution in [2.75, 3.05) is 0 Å². The lowest BCUT2D eigenvalue weighted by Crippen LogP contribution is -2.40. The molecule has 0 aromatic carbocycles. The smallest absolute Gasteiger partial charge is 0.189 e. The first-order valence-electron chi connectivity index (χ1n) is 4.13. The van der Waals surface area contributed by atoms with Gasteiger partial charge in [-0.2, -0.15) is 0 Å². The summed E-state index contributed by atoms with van der Waals surface area (Å²) in [7, 11) is 0. The van der Waals surface area contributed by atoms with Gasteiger partial charge in [-0.1, -0.05) is 0 Å². The summed E-state index contributed by atoms with van der Waals surface area (Å²) in [6, 6.07) is 0.282. The van der Waals surface area contributed by atoms with Crippen LogP contribution in [0.3, 0.4) is 0 Å². The molecule has 0 aliphatic heterocycles. The number of rotatable bonds is 2. The molecule has 1 aliphatic rings. The highest BCUT2D eigenvalue weighted by Crippen LogP contribution is 2.33. The summed E-state index contributed by atoms with van der Waals surface area (Å²) in [4.78, 5) is 4.19. The largest absolute Gasteiger partial charge is 0.370 e. The molecule has 0 bridgehead atoms. The second-order valence-electron chi connectivity index (χ2n) is 3.79. The minimum absolute atomic E-state index is 0.252. The number of hydrogen-bond donors (Lipinski definition) is 2. The fourth-order valence-corrected chi connectivity index (χ4v) is 0.932. The first kappa shape index (κ1) is 8.37. The van der Waals surface area contributed by atoms with E-state index < -0.39 is 0 Å². The van der Waals surface area contributed by atoms with Crippen LogP contribution in [0.4, 0.5) is 0 Å². The van der Waals surface area contributed by atoms with E-state index in [1.807, 2.05) is 13.8 Å². The third-order valence-corrected chi connectivity index (χ3v) is 1.83. The fraction of sp³-hybridized carbons (Fsp3) is 0.875. The lowest BCUT2D eigenvalue weighted by Gasteiger charge is -2.12. The Hall–Kier alpha value is -0.730. The van der Waals surface area contributed by atoms with Crippen molar-refractivity contribution >= 4 is 5.96 Å². The predicted octanol–water partition coefficient (Wildman–Crippen LogP) is 0.852. The Morgan fingerprint density at radius 1 is 1.55 bits per heavy atom. The van der Waals surface area contributed by atoms with Gasteiger partial charge in [0.25, 0.3) is 0 Å². The summed E-state index contributed by atoms with van der Waals surface area (Å²) < 4.78 is 0. The quantitative estimate of drug-likeness (QED) is 0.459. The zero-order valence-electron chi connectivity index (χ0n) is 7.52. The van der Waals surface area contributed by atoms with Crippen LogP contribution < -0.4 is 11.1 Å². The van der Waals surface area contributed by atoms with Crippen molar-refractivity contribution in [3.05, 3.63) is 0 Å². The molecule has 0 radical (unpaired) electrons. The molecule has 0 amide bonds. The van der Waals surface area contributed by atoms with E-state index in [0.29, 0.717) is 5.96 Å². The molecule has 0 heterocycles. The minimum atomic E-state index is 0.252. The molecule has 3 N–H and O–H groups in total. The van der Waals surface area contributed by atoms with Gasteiger partial charge in [0.2, 0.25) is 0 Å². The number of guanidine groups is 1. The molecular weight excluding hydrogens is 138 g/mol. The van der Waals surface area contributed by atoms with Gasteiger partial charge in [-0.05, 0) is 33.6 Å². The van der Waals surface area contributed by atoms with E-state index in [-0.39, 0.29) is 11.6 Å². The Morgan fingerprint density at radius 2 is 2.09 bits per heavy atom. The molecule has 0 atom stereocenters. The third-order valence-electron chi connectivity index (χ3n) is 1.83. The second kappa shape index (κ2) is 2.72. The molecule has 3 nitrogen and oxygen atoms in total. The lowest BCUT2D eigenvalue weighted by molar-refractivity contribution is 0.654. The van der Waals surface area contributed by atoms with Gasteiger partial charge in [0.05, 0.1) is 0 Å². The molecule has 1 saturated carbocycles. The molecule has 1 rings (SSSR count). The van der Waals surface area contributed by atoms with Crippen molar-refractivity contribution in [1.29, 1.82) is 0 Å². The number of nitrogens with two attached hydrogens (primary N) is 1. The summed E-state index contributed by atoms with van der Waals surface area (Å²) in [6.07, 6.45) is 2.42. The Bertz CT molecular complexity index is 168. The van der Waals surface area contributed by atoms with Gasteiger partial charge in [0.1, 0.15) is 0 Å². The van der Waals surface area contributed by atoms with Crippen LogP contribution in [0.15, 0.2) is 4.99 Å². The molecule has 0 saturated heterocycles. The monoisotopic (exact) mass is 155 g/mol. The Balaban J connectivity index is 2.36. The maximum Gasteiger partial charge on any atom is 0.189 e. The summed E-state index contributed by atoms with van der Waals surface area (Å²) in [5.74, 6) is 0.583. The van der Waals surface area contributed by atoms with Crippen LogP contribution in [0.1, 0.15) is 33.6 Å². The van der Waals surface area contributed by atoms with Crippen LogP contribution in [0.25, 0.3) is 0 Å².